The zero-order valence-corrected chi connectivity index (χ0v) is 13.3. The molecule has 4 aromatic rings. The van der Waals surface area contributed by atoms with Crippen LogP contribution in [0.1, 0.15) is 24.4 Å². The molecule has 0 spiro atoms. The van der Waals surface area contributed by atoms with Crippen LogP contribution in [0.25, 0.3) is 15.9 Å². The maximum atomic E-state index is 12.2. The number of para-hydroxylation sites is 1. The molecule has 0 aliphatic heterocycles. The molecular weight excluding hydrogens is 310 g/mol. The summed E-state index contributed by atoms with van der Waals surface area (Å²) < 4.78 is 7.71. The fourth-order valence-electron chi connectivity index (χ4n) is 2.61. The topological polar surface area (TPSA) is 59.5 Å². The minimum atomic E-state index is -0.182. The number of carbonyl (C=O) groups is 1. The average Bonchev–Trinajstić information content (AvgIpc) is 3.19. The number of aromatic nitrogens is 2. The normalized spacial score (nSPS) is 12.7. The Kier molecular flexibility index (Phi) is 3.38. The van der Waals surface area contributed by atoms with E-state index in [1.807, 2.05) is 59.4 Å². The van der Waals surface area contributed by atoms with Gasteiger partial charge >= 0.3 is 0 Å². The van der Waals surface area contributed by atoms with Crippen molar-refractivity contribution in [3.05, 3.63) is 59.6 Å². The van der Waals surface area contributed by atoms with Crippen LogP contribution in [0, 0.1) is 0 Å². The molecule has 1 unspecified atom stereocenters. The summed E-state index contributed by atoms with van der Waals surface area (Å²) in [5, 5.41) is 5.97. The molecule has 0 saturated heterocycles. The predicted molar refractivity (Wildman–Crippen MR) is 89.5 cm³/mol. The largest absolute Gasteiger partial charge is 0.459 e. The zero-order chi connectivity index (χ0) is 15.8. The highest BCUT2D eigenvalue weighted by molar-refractivity contribution is 7.15. The van der Waals surface area contributed by atoms with Gasteiger partial charge in [-0.25, -0.2) is 4.98 Å². The van der Waals surface area contributed by atoms with Crippen molar-refractivity contribution >= 4 is 33.2 Å². The maximum Gasteiger partial charge on any atom is 0.226 e. The number of imidazole rings is 1. The number of amides is 1. The third-order valence-electron chi connectivity index (χ3n) is 3.73. The summed E-state index contributed by atoms with van der Waals surface area (Å²) in [6.45, 7) is 1.92. The molecule has 1 N–H and O–H groups in total. The van der Waals surface area contributed by atoms with Gasteiger partial charge in [-0.2, -0.15) is 0 Å². The van der Waals surface area contributed by atoms with Gasteiger partial charge in [-0.15, -0.1) is 11.3 Å². The molecule has 0 aliphatic carbocycles. The third-order valence-corrected chi connectivity index (χ3v) is 4.50. The molecule has 116 valence electrons. The Morgan fingerprint density at radius 2 is 2.30 bits per heavy atom. The highest BCUT2D eigenvalue weighted by Gasteiger charge is 2.15. The van der Waals surface area contributed by atoms with E-state index in [0.717, 1.165) is 27.4 Å². The molecule has 0 saturated carbocycles. The number of nitrogens with zero attached hydrogens (tertiary/aromatic N) is 2. The molecule has 23 heavy (non-hydrogen) atoms. The summed E-state index contributed by atoms with van der Waals surface area (Å²) in [4.78, 5) is 17.5. The molecule has 3 aromatic heterocycles. The van der Waals surface area contributed by atoms with Gasteiger partial charge in [-0.3, -0.25) is 9.20 Å². The standard InChI is InChI=1S/C17H15N3O2S/c1-11(15-8-12-4-2-3-5-14(12)22-15)18-16(21)9-13-10-20-6-7-23-17(20)19-13/h2-8,10-11H,9H2,1H3,(H,18,21). The Balaban J connectivity index is 1.45. The Labute approximate surface area is 136 Å². The van der Waals surface area contributed by atoms with Crippen molar-refractivity contribution in [2.24, 2.45) is 0 Å². The number of rotatable bonds is 4. The summed E-state index contributed by atoms with van der Waals surface area (Å²) in [5.41, 5.74) is 1.60. The Hall–Kier alpha value is -2.60. The van der Waals surface area contributed by atoms with E-state index in [4.69, 9.17) is 4.42 Å². The van der Waals surface area contributed by atoms with Crippen LogP contribution in [-0.2, 0) is 11.2 Å². The fourth-order valence-corrected chi connectivity index (χ4v) is 3.32. The number of hydrogen-bond acceptors (Lipinski definition) is 4. The second-order valence-electron chi connectivity index (χ2n) is 5.48. The van der Waals surface area contributed by atoms with E-state index in [1.165, 1.54) is 0 Å². The molecule has 0 fully saturated rings. The Bertz CT molecular complexity index is 920. The number of benzene rings is 1. The Morgan fingerprint density at radius 3 is 3.13 bits per heavy atom. The van der Waals surface area contributed by atoms with Crippen molar-refractivity contribution in [1.82, 2.24) is 14.7 Å². The summed E-state index contributed by atoms with van der Waals surface area (Å²) in [5.74, 6) is 0.689. The lowest BCUT2D eigenvalue weighted by Gasteiger charge is -2.10. The minimum Gasteiger partial charge on any atom is -0.459 e. The minimum absolute atomic E-state index is 0.0660. The van der Waals surface area contributed by atoms with E-state index in [0.29, 0.717) is 0 Å². The summed E-state index contributed by atoms with van der Waals surface area (Å²) in [6.07, 6.45) is 4.08. The van der Waals surface area contributed by atoms with Gasteiger partial charge in [0.2, 0.25) is 5.91 Å². The molecule has 3 heterocycles. The van der Waals surface area contributed by atoms with Crippen LogP contribution < -0.4 is 5.32 Å². The second kappa shape index (κ2) is 5.55. The first-order valence-electron chi connectivity index (χ1n) is 7.38. The number of hydrogen-bond donors (Lipinski definition) is 1. The van der Waals surface area contributed by atoms with E-state index in [-0.39, 0.29) is 18.4 Å². The van der Waals surface area contributed by atoms with E-state index in [9.17, 15) is 4.79 Å². The molecule has 0 bridgehead atoms. The van der Waals surface area contributed by atoms with Gasteiger partial charge in [0.15, 0.2) is 4.96 Å². The van der Waals surface area contributed by atoms with Gasteiger partial charge in [0.25, 0.3) is 0 Å². The van der Waals surface area contributed by atoms with Gasteiger partial charge in [-0.1, -0.05) is 18.2 Å². The second-order valence-corrected chi connectivity index (χ2v) is 6.35. The van der Waals surface area contributed by atoms with Gasteiger partial charge in [0.1, 0.15) is 11.3 Å². The lowest BCUT2D eigenvalue weighted by Crippen LogP contribution is -2.27. The van der Waals surface area contributed by atoms with Gasteiger partial charge in [-0.05, 0) is 19.1 Å². The first kappa shape index (κ1) is 14.0. The highest BCUT2D eigenvalue weighted by Crippen LogP contribution is 2.23. The first-order chi connectivity index (χ1) is 11.2. The molecule has 1 amide bonds. The first-order valence-corrected chi connectivity index (χ1v) is 8.26. The summed E-state index contributed by atoms with van der Waals surface area (Å²) in [6, 6.07) is 9.60. The van der Waals surface area contributed by atoms with Crippen LogP contribution in [0.5, 0.6) is 0 Å². The fraction of sp³-hybridized carbons (Fsp3) is 0.176. The van der Waals surface area contributed by atoms with Crippen LogP contribution in [0.4, 0.5) is 0 Å². The van der Waals surface area contributed by atoms with Crippen LogP contribution in [0.2, 0.25) is 0 Å². The summed E-state index contributed by atoms with van der Waals surface area (Å²) >= 11 is 1.55. The molecule has 0 aliphatic rings. The van der Waals surface area contributed by atoms with Crippen molar-refractivity contribution < 1.29 is 9.21 Å². The third kappa shape index (κ3) is 2.73. The monoisotopic (exact) mass is 325 g/mol. The van der Waals surface area contributed by atoms with Crippen molar-refractivity contribution in [3.63, 3.8) is 0 Å². The van der Waals surface area contributed by atoms with E-state index in [1.54, 1.807) is 11.3 Å². The van der Waals surface area contributed by atoms with E-state index >= 15 is 0 Å². The maximum absolute atomic E-state index is 12.2. The van der Waals surface area contributed by atoms with Crippen molar-refractivity contribution in [1.29, 1.82) is 0 Å². The molecule has 6 heteroatoms. The van der Waals surface area contributed by atoms with Crippen LogP contribution in [0.3, 0.4) is 0 Å². The van der Waals surface area contributed by atoms with Crippen LogP contribution >= 0.6 is 11.3 Å². The molecule has 1 aromatic carbocycles. The van der Waals surface area contributed by atoms with E-state index in [2.05, 4.69) is 10.3 Å². The number of furan rings is 1. The summed E-state index contributed by atoms with van der Waals surface area (Å²) in [7, 11) is 0. The molecular formula is C17H15N3O2S. The molecule has 4 rings (SSSR count). The smallest absolute Gasteiger partial charge is 0.226 e. The predicted octanol–water partition coefficient (Wildman–Crippen LogP) is 3.56. The number of thiazole rings is 1. The number of fused-ring (bicyclic) bond motifs is 2. The SMILES string of the molecule is CC(NC(=O)Cc1cn2ccsc2n1)c1cc2ccccc2o1. The number of carbonyl (C=O) groups excluding carboxylic acids is 1. The number of nitrogens with one attached hydrogen (secondary N) is 1. The average molecular weight is 325 g/mol. The lowest BCUT2D eigenvalue weighted by molar-refractivity contribution is -0.121. The molecule has 0 radical (unpaired) electrons. The highest BCUT2D eigenvalue weighted by atomic mass is 32.1. The lowest BCUT2D eigenvalue weighted by atomic mass is 10.2. The van der Waals surface area contributed by atoms with Crippen molar-refractivity contribution in [2.75, 3.05) is 0 Å². The van der Waals surface area contributed by atoms with Gasteiger partial charge < -0.3 is 9.73 Å². The zero-order valence-electron chi connectivity index (χ0n) is 12.5. The molecule has 5 nitrogen and oxygen atoms in total. The van der Waals surface area contributed by atoms with Crippen molar-refractivity contribution in [3.8, 4) is 0 Å². The van der Waals surface area contributed by atoms with Crippen LogP contribution in [-0.4, -0.2) is 15.3 Å². The van der Waals surface area contributed by atoms with Crippen LogP contribution in [0.15, 0.2) is 52.5 Å². The van der Waals surface area contributed by atoms with Gasteiger partial charge in [0.05, 0.1) is 18.2 Å². The quantitative estimate of drug-likeness (QED) is 0.624. The molecule has 1 atom stereocenters. The van der Waals surface area contributed by atoms with Gasteiger partial charge in [0, 0.05) is 23.2 Å². The van der Waals surface area contributed by atoms with Crippen molar-refractivity contribution in [2.45, 2.75) is 19.4 Å². The van der Waals surface area contributed by atoms with E-state index < -0.39 is 0 Å². The Morgan fingerprint density at radius 1 is 1.43 bits per heavy atom.